The first-order chi connectivity index (χ1) is 11.2. The number of pyridine rings is 1. The minimum atomic E-state index is 0.0884. The number of ketones is 1. The van der Waals surface area contributed by atoms with Crippen LogP contribution in [0.25, 0.3) is 11.4 Å². The number of benzene rings is 1. The van der Waals surface area contributed by atoms with Gasteiger partial charge in [0, 0.05) is 17.8 Å². The lowest BCUT2D eigenvalue weighted by atomic mass is 10.3. The van der Waals surface area contributed by atoms with Crippen molar-refractivity contribution < 1.29 is 9.53 Å². The highest BCUT2D eigenvalue weighted by Crippen LogP contribution is 2.22. The molecule has 2 aromatic heterocycles. The summed E-state index contributed by atoms with van der Waals surface area (Å²) in [6, 6.07) is 13.1. The SMILES string of the molecule is CC(=O)CSc1n[nH]c(-c2ccc(Oc3ccccc3)nc2)n1. The van der Waals surface area contributed by atoms with Gasteiger partial charge in [0.2, 0.25) is 11.0 Å². The van der Waals surface area contributed by atoms with Crippen molar-refractivity contribution >= 4 is 17.5 Å². The molecule has 7 heteroatoms. The van der Waals surface area contributed by atoms with Crippen LogP contribution in [0.1, 0.15) is 6.92 Å². The van der Waals surface area contributed by atoms with E-state index in [4.69, 9.17) is 4.74 Å². The van der Waals surface area contributed by atoms with E-state index in [0.717, 1.165) is 11.3 Å². The molecule has 0 amide bonds. The van der Waals surface area contributed by atoms with Gasteiger partial charge >= 0.3 is 0 Å². The fourth-order valence-electron chi connectivity index (χ4n) is 1.80. The highest BCUT2D eigenvalue weighted by Gasteiger charge is 2.08. The Morgan fingerprint density at radius 1 is 1.22 bits per heavy atom. The van der Waals surface area contributed by atoms with Gasteiger partial charge in [0.05, 0.1) is 5.75 Å². The van der Waals surface area contributed by atoms with Crippen molar-refractivity contribution in [3.05, 3.63) is 48.7 Å². The van der Waals surface area contributed by atoms with E-state index in [-0.39, 0.29) is 5.78 Å². The second kappa shape index (κ2) is 7.06. The lowest BCUT2D eigenvalue weighted by molar-refractivity contribution is -0.114. The Morgan fingerprint density at radius 3 is 2.74 bits per heavy atom. The summed E-state index contributed by atoms with van der Waals surface area (Å²) in [5, 5.41) is 7.45. The van der Waals surface area contributed by atoms with Crippen molar-refractivity contribution in [1.29, 1.82) is 0 Å². The molecule has 6 nitrogen and oxygen atoms in total. The molecule has 0 spiro atoms. The number of hydrogen-bond donors (Lipinski definition) is 1. The summed E-state index contributed by atoms with van der Waals surface area (Å²) in [7, 11) is 0. The van der Waals surface area contributed by atoms with Gasteiger partial charge in [-0.3, -0.25) is 9.89 Å². The molecule has 1 aromatic carbocycles. The number of Topliss-reactive ketones (excluding diaryl/α,β-unsaturated/α-hetero) is 1. The summed E-state index contributed by atoms with van der Waals surface area (Å²) >= 11 is 1.30. The summed E-state index contributed by atoms with van der Waals surface area (Å²) in [6.45, 7) is 1.54. The van der Waals surface area contributed by atoms with E-state index in [1.807, 2.05) is 36.4 Å². The molecule has 3 aromatic rings. The molecular weight excluding hydrogens is 312 g/mol. The molecule has 116 valence electrons. The van der Waals surface area contributed by atoms with Gasteiger partial charge in [0.1, 0.15) is 11.5 Å². The first kappa shape index (κ1) is 15.2. The summed E-state index contributed by atoms with van der Waals surface area (Å²) in [4.78, 5) is 19.6. The summed E-state index contributed by atoms with van der Waals surface area (Å²) in [5.41, 5.74) is 0.799. The topological polar surface area (TPSA) is 80.8 Å². The highest BCUT2D eigenvalue weighted by atomic mass is 32.2. The number of hydrogen-bond acceptors (Lipinski definition) is 6. The number of aromatic nitrogens is 4. The van der Waals surface area contributed by atoms with Crippen molar-refractivity contribution in [2.45, 2.75) is 12.1 Å². The van der Waals surface area contributed by atoms with Crippen molar-refractivity contribution in [1.82, 2.24) is 20.2 Å². The van der Waals surface area contributed by atoms with Crippen molar-refractivity contribution in [2.75, 3.05) is 5.75 Å². The first-order valence-electron chi connectivity index (χ1n) is 6.95. The molecule has 1 N–H and O–H groups in total. The van der Waals surface area contributed by atoms with Crippen LogP contribution in [-0.4, -0.2) is 31.7 Å². The Balaban J connectivity index is 1.68. The minimum Gasteiger partial charge on any atom is -0.439 e. The van der Waals surface area contributed by atoms with Crippen LogP contribution in [0.2, 0.25) is 0 Å². The number of aromatic amines is 1. The molecule has 0 aliphatic heterocycles. The highest BCUT2D eigenvalue weighted by molar-refractivity contribution is 7.99. The van der Waals surface area contributed by atoms with Crippen molar-refractivity contribution in [2.24, 2.45) is 0 Å². The van der Waals surface area contributed by atoms with Gasteiger partial charge < -0.3 is 4.74 Å². The standard InChI is InChI=1S/C16H14N4O2S/c1-11(21)10-23-16-18-15(19-20-16)12-7-8-14(17-9-12)22-13-5-3-2-4-6-13/h2-9H,10H2,1H3,(H,18,19,20). The quantitative estimate of drug-likeness (QED) is 0.700. The van der Waals surface area contributed by atoms with Gasteiger partial charge in [-0.1, -0.05) is 30.0 Å². The Morgan fingerprint density at radius 2 is 2.04 bits per heavy atom. The average molecular weight is 326 g/mol. The van der Waals surface area contributed by atoms with Gasteiger partial charge in [0.25, 0.3) is 0 Å². The minimum absolute atomic E-state index is 0.0884. The van der Waals surface area contributed by atoms with E-state index in [0.29, 0.717) is 22.6 Å². The van der Waals surface area contributed by atoms with Crippen molar-refractivity contribution in [3.8, 4) is 23.0 Å². The van der Waals surface area contributed by atoms with E-state index >= 15 is 0 Å². The average Bonchev–Trinajstić information content (AvgIpc) is 3.04. The van der Waals surface area contributed by atoms with Gasteiger partial charge in [-0.25, -0.2) is 9.97 Å². The van der Waals surface area contributed by atoms with E-state index < -0.39 is 0 Å². The zero-order chi connectivity index (χ0) is 16.1. The predicted octanol–water partition coefficient (Wildman–Crippen LogP) is 3.34. The molecule has 0 atom stereocenters. The number of thioether (sulfide) groups is 1. The normalized spacial score (nSPS) is 10.5. The fourth-order valence-corrected chi connectivity index (χ4v) is 2.39. The first-order valence-corrected chi connectivity index (χ1v) is 7.93. The summed E-state index contributed by atoms with van der Waals surface area (Å²) in [6.07, 6.45) is 1.66. The Bertz CT molecular complexity index is 787. The number of H-pyrrole nitrogens is 1. The maximum Gasteiger partial charge on any atom is 0.219 e. The van der Waals surface area contributed by atoms with E-state index in [1.54, 1.807) is 12.3 Å². The lowest BCUT2D eigenvalue weighted by Gasteiger charge is -2.04. The third kappa shape index (κ3) is 4.17. The number of rotatable bonds is 6. The monoisotopic (exact) mass is 326 g/mol. The number of nitrogens with one attached hydrogen (secondary N) is 1. The maximum absolute atomic E-state index is 11.0. The second-order valence-electron chi connectivity index (χ2n) is 4.76. The summed E-state index contributed by atoms with van der Waals surface area (Å²) < 4.78 is 5.64. The van der Waals surface area contributed by atoms with Crippen molar-refractivity contribution in [3.63, 3.8) is 0 Å². The van der Waals surface area contributed by atoms with Crippen LogP contribution in [0.5, 0.6) is 11.6 Å². The molecule has 0 saturated carbocycles. The zero-order valence-corrected chi connectivity index (χ0v) is 13.2. The van der Waals surface area contributed by atoms with E-state index in [1.165, 1.54) is 18.7 Å². The van der Waals surface area contributed by atoms with Gasteiger partial charge in [-0.05, 0) is 25.1 Å². The Hall–Kier alpha value is -2.67. The van der Waals surface area contributed by atoms with Gasteiger partial charge in [-0.2, -0.15) is 0 Å². The van der Waals surface area contributed by atoms with Crippen LogP contribution in [-0.2, 0) is 4.79 Å². The van der Waals surface area contributed by atoms with Gasteiger partial charge in [-0.15, -0.1) is 5.10 Å². The van der Waals surface area contributed by atoms with E-state index in [2.05, 4.69) is 20.2 Å². The van der Waals surface area contributed by atoms with Crippen LogP contribution in [0.15, 0.2) is 53.8 Å². The molecule has 23 heavy (non-hydrogen) atoms. The molecule has 0 saturated heterocycles. The molecular formula is C16H14N4O2S. The second-order valence-corrected chi connectivity index (χ2v) is 5.70. The van der Waals surface area contributed by atoms with Crippen LogP contribution in [0.4, 0.5) is 0 Å². The molecule has 3 rings (SSSR count). The Kier molecular flexibility index (Phi) is 4.68. The number of carbonyl (C=O) groups excluding carboxylic acids is 1. The van der Waals surface area contributed by atoms with Gasteiger partial charge in [0.15, 0.2) is 5.82 Å². The molecule has 0 aliphatic rings. The number of carbonyl (C=O) groups is 1. The number of nitrogens with zero attached hydrogens (tertiary/aromatic N) is 3. The smallest absolute Gasteiger partial charge is 0.219 e. The van der Waals surface area contributed by atoms with Crippen LogP contribution in [0.3, 0.4) is 0 Å². The number of para-hydroxylation sites is 1. The van der Waals surface area contributed by atoms with E-state index in [9.17, 15) is 4.79 Å². The molecule has 0 fully saturated rings. The third-order valence-corrected chi connectivity index (χ3v) is 3.84. The molecule has 0 aliphatic carbocycles. The van der Waals surface area contributed by atoms with Crippen LogP contribution < -0.4 is 4.74 Å². The lowest BCUT2D eigenvalue weighted by Crippen LogP contribution is -1.93. The summed E-state index contributed by atoms with van der Waals surface area (Å²) in [5.74, 6) is 2.29. The Labute approximate surface area is 137 Å². The largest absolute Gasteiger partial charge is 0.439 e. The number of ether oxygens (including phenoxy) is 1. The molecule has 0 unspecified atom stereocenters. The predicted molar refractivity (Wildman–Crippen MR) is 87.5 cm³/mol. The third-order valence-electron chi connectivity index (χ3n) is 2.84. The molecule has 0 radical (unpaired) electrons. The van der Waals surface area contributed by atoms with Crippen LogP contribution >= 0.6 is 11.8 Å². The molecule has 0 bridgehead atoms. The van der Waals surface area contributed by atoms with Crippen LogP contribution in [0, 0.1) is 0 Å². The molecule has 2 heterocycles. The maximum atomic E-state index is 11.0. The zero-order valence-electron chi connectivity index (χ0n) is 12.4. The fraction of sp³-hybridized carbons (Fsp3) is 0.125.